The number of β-amino-alcohol motifs (C(OH)–C–C–N with tert-alkyl or cyclic N) is 1. The van der Waals surface area contributed by atoms with E-state index in [1.54, 1.807) is 30.1 Å². The van der Waals surface area contributed by atoms with Crippen LogP contribution in [0.2, 0.25) is 0 Å². The third-order valence-electron chi connectivity index (χ3n) is 12.2. The SMILES string of the molecule is CC(=O)N[C@H](C(=O)N1C[C@H](O)C[C@H]1C(=O)NCc1ccc(-c2scnc2C)cc1OCCCCCCNC(=O)c1ccc([C@H]2C[C@@H](Nc3cnn(C)c(=O)c3Br)CN(C)C2)cc1)C(C)(C)C. The van der Waals surface area contributed by atoms with E-state index in [2.05, 4.69) is 59.2 Å². The Bertz CT molecular complexity index is 2400. The van der Waals surface area contributed by atoms with E-state index in [4.69, 9.17) is 4.74 Å². The minimum Gasteiger partial charge on any atom is -0.493 e. The number of aliphatic hydroxyl groups excluding tert-OH is 1. The van der Waals surface area contributed by atoms with Crippen molar-refractivity contribution in [2.24, 2.45) is 12.5 Å². The van der Waals surface area contributed by atoms with Gasteiger partial charge in [0, 0.05) is 70.3 Å². The van der Waals surface area contributed by atoms with E-state index in [0.717, 1.165) is 72.5 Å². The van der Waals surface area contributed by atoms with E-state index in [-0.39, 0.29) is 48.8 Å². The van der Waals surface area contributed by atoms with Crippen LogP contribution >= 0.6 is 27.3 Å². The number of anilines is 1. The predicted molar refractivity (Wildman–Crippen MR) is 260 cm³/mol. The third-order valence-corrected chi connectivity index (χ3v) is 13.9. The molecule has 16 nitrogen and oxygen atoms in total. The van der Waals surface area contributed by atoms with Gasteiger partial charge in [-0.05, 0) is 89.8 Å². The number of aryl methyl sites for hydroxylation is 2. The first-order valence-corrected chi connectivity index (χ1v) is 24.3. The third kappa shape index (κ3) is 13.0. The van der Waals surface area contributed by atoms with E-state index in [0.29, 0.717) is 34.6 Å². The van der Waals surface area contributed by atoms with Crippen LogP contribution in [0.15, 0.2) is 63.4 Å². The molecule has 2 aromatic carbocycles. The highest BCUT2D eigenvalue weighted by atomic mass is 79.9. The fraction of sp³-hybridized carbons (Fsp3) is 0.521. The summed E-state index contributed by atoms with van der Waals surface area (Å²) in [6.07, 6.45) is 5.17. The smallest absolute Gasteiger partial charge is 0.282 e. The number of hydrogen-bond acceptors (Lipinski definition) is 12. The number of benzene rings is 2. The van der Waals surface area contributed by atoms with E-state index in [1.165, 1.54) is 16.5 Å². The van der Waals surface area contributed by atoms with E-state index in [1.807, 2.05) is 70.2 Å². The first-order valence-electron chi connectivity index (χ1n) is 22.6. The van der Waals surface area contributed by atoms with Crippen molar-refractivity contribution in [3.05, 3.63) is 91.4 Å². The van der Waals surface area contributed by atoms with Crippen molar-refractivity contribution in [3.8, 4) is 16.2 Å². The number of carbonyl (C=O) groups excluding carboxylic acids is 4. The molecule has 5 N–H and O–H groups in total. The van der Waals surface area contributed by atoms with E-state index in [9.17, 15) is 29.1 Å². The van der Waals surface area contributed by atoms with Gasteiger partial charge >= 0.3 is 0 Å². The average molecular weight is 991 g/mol. The number of piperidine rings is 1. The molecule has 0 spiro atoms. The van der Waals surface area contributed by atoms with Crippen molar-refractivity contribution in [3.63, 3.8) is 0 Å². The van der Waals surface area contributed by atoms with Crippen LogP contribution in [0.25, 0.3) is 10.4 Å². The molecule has 6 rings (SSSR count). The van der Waals surface area contributed by atoms with Gasteiger partial charge in [0.15, 0.2) is 0 Å². The molecule has 2 fully saturated rings. The van der Waals surface area contributed by atoms with Crippen molar-refractivity contribution < 1.29 is 29.0 Å². The maximum atomic E-state index is 13.7. The zero-order valence-corrected chi connectivity index (χ0v) is 41.4. The Morgan fingerprint density at radius 3 is 2.42 bits per heavy atom. The minimum atomic E-state index is -0.895. The second-order valence-electron chi connectivity index (χ2n) is 18.6. The normalized spacial score (nSPS) is 19.3. The van der Waals surface area contributed by atoms with Crippen LogP contribution in [-0.2, 0) is 28.0 Å². The van der Waals surface area contributed by atoms with Gasteiger partial charge in [0.1, 0.15) is 22.3 Å². The fourth-order valence-corrected chi connectivity index (χ4v) is 9.93. The topological polar surface area (TPSA) is 200 Å². The van der Waals surface area contributed by atoms with Crippen LogP contribution < -0.4 is 31.6 Å². The number of nitrogens with zero attached hydrogens (tertiary/aromatic N) is 5. The Kier molecular flexibility index (Phi) is 17.2. The van der Waals surface area contributed by atoms with Crippen LogP contribution in [-0.4, -0.2) is 117 Å². The minimum absolute atomic E-state index is 0.000819. The first-order chi connectivity index (χ1) is 31.4. The highest BCUT2D eigenvalue weighted by Gasteiger charge is 2.44. The Morgan fingerprint density at radius 2 is 1.73 bits per heavy atom. The number of nitrogens with one attached hydrogen (secondary N) is 4. The molecule has 356 valence electrons. The molecule has 0 unspecified atom stereocenters. The zero-order chi connectivity index (χ0) is 47.7. The molecular formula is C48H64BrN9O7S. The summed E-state index contributed by atoms with van der Waals surface area (Å²) in [6.45, 7) is 11.7. The Labute approximate surface area is 399 Å². The second kappa shape index (κ2) is 22.5. The summed E-state index contributed by atoms with van der Waals surface area (Å²) in [5, 5.41) is 27.0. The summed E-state index contributed by atoms with van der Waals surface area (Å²) in [7, 11) is 3.71. The first kappa shape index (κ1) is 50.2. The molecule has 4 heterocycles. The summed E-state index contributed by atoms with van der Waals surface area (Å²) in [4.78, 5) is 73.9. The number of unbranched alkanes of at least 4 members (excludes halogenated alkanes) is 3. The van der Waals surface area contributed by atoms with E-state index >= 15 is 0 Å². The van der Waals surface area contributed by atoms with Crippen molar-refractivity contribution in [1.82, 2.24) is 40.5 Å². The molecule has 5 atom stereocenters. The van der Waals surface area contributed by atoms with Gasteiger partial charge in [0.2, 0.25) is 17.7 Å². The summed E-state index contributed by atoms with van der Waals surface area (Å²) in [6, 6.07) is 12.1. The lowest BCUT2D eigenvalue weighted by Crippen LogP contribution is -2.57. The average Bonchev–Trinajstić information content (AvgIpc) is 3.90. The number of rotatable bonds is 18. The van der Waals surface area contributed by atoms with Gasteiger partial charge in [-0.3, -0.25) is 24.0 Å². The molecule has 0 bridgehead atoms. The molecule has 0 aliphatic carbocycles. The summed E-state index contributed by atoms with van der Waals surface area (Å²) in [5.41, 5.74) is 6.09. The molecule has 2 aromatic heterocycles. The zero-order valence-electron chi connectivity index (χ0n) is 39.0. The predicted octanol–water partition coefficient (Wildman–Crippen LogP) is 5.37. The van der Waals surface area contributed by atoms with Crippen molar-refractivity contribution in [2.45, 2.75) is 110 Å². The van der Waals surface area contributed by atoms with Gasteiger partial charge in [-0.1, -0.05) is 57.9 Å². The highest BCUT2D eigenvalue weighted by Crippen LogP contribution is 2.33. The number of aromatic nitrogens is 3. The number of likely N-dealkylation sites (tertiary alicyclic amines) is 2. The summed E-state index contributed by atoms with van der Waals surface area (Å²) in [5.74, 6) is -0.366. The molecule has 66 heavy (non-hydrogen) atoms. The van der Waals surface area contributed by atoms with Crippen molar-refractivity contribution in [2.75, 3.05) is 45.2 Å². The van der Waals surface area contributed by atoms with Gasteiger partial charge in [0.25, 0.3) is 11.5 Å². The molecule has 2 saturated heterocycles. The van der Waals surface area contributed by atoms with E-state index < -0.39 is 35.4 Å². The molecule has 2 aliphatic heterocycles. The summed E-state index contributed by atoms with van der Waals surface area (Å²) >= 11 is 4.96. The lowest BCUT2D eigenvalue weighted by atomic mass is 9.85. The quantitative estimate of drug-likeness (QED) is 0.0804. The number of hydrogen-bond donors (Lipinski definition) is 5. The van der Waals surface area contributed by atoms with Crippen molar-refractivity contribution in [1.29, 1.82) is 0 Å². The lowest BCUT2D eigenvalue weighted by molar-refractivity contribution is -0.143. The largest absolute Gasteiger partial charge is 0.493 e. The number of carbonyl (C=O) groups is 4. The number of likely N-dealkylation sites (N-methyl/N-ethyl adjacent to an activating group) is 1. The Balaban J connectivity index is 0.964. The van der Waals surface area contributed by atoms with Crippen LogP contribution in [0.3, 0.4) is 0 Å². The maximum absolute atomic E-state index is 13.7. The van der Waals surface area contributed by atoms with Crippen LogP contribution in [0.4, 0.5) is 5.69 Å². The number of aliphatic hydroxyl groups is 1. The van der Waals surface area contributed by atoms with Crippen LogP contribution in [0.5, 0.6) is 5.75 Å². The fourth-order valence-electron chi connectivity index (χ4n) is 8.65. The molecule has 18 heteroatoms. The highest BCUT2D eigenvalue weighted by molar-refractivity contribution is 9.10. The molecule has 0 radical (unpaired) electrons. The monoisotopic (exact) mass is 989 g/mol. The summed E-state index contributed by atoms with van der Waals surface area (Å²) < 4.78 is 8.12. The molecule has 4 amide bonds. The molecule has 2 aliphatic rings. The van der Waals surface area contributed by atoms with Gasteiger partial charge in [0.05, 0.1) is 40.7 Å². The maximum Gasteiger partial charge on any atom is 0.282 e. The van der Waals surface area contributed by atoms with Crippen LogP contribution in [0, 0.1) is 12.3 Å². The lowest BCUT2D eigenvalue weighted by Gasteiger charge is -2.37. The molecule has 4 aromatic rings. The number of amides is 4. The van der Waals surface area contributed by atoms with Gasteiger partial charge in [-0.25, -0.2) is 9.67 Å². The van der Waals surface area contributed by atoms with Gasteiger partial charge in [-0.2, -0.15) is 5.10 Å². The molecular weight excluding hydrogens is 927 g/mol. The standard InChI is InChI=1S/C48H64BrN9O7S/c1-29-42(66-28-52-29)33-16-17-34(23-51-45(62)39-22-37(60)27-58(39)47(64)43(48(3,4)5)54-30(2)59)40(21-33)65-19-11-9-8-10-18-50-44(61)32-14-12-31(13-15-32)35-20-36(26-56(6)25-35)55-38-24-53-57(7)46(63)41(38)49/h12-17,21,24,28,35-37,39,43,55,60H,8-11,18-20,22-23,25-27H2,1-7H3,(H,50,61)(H,51,62)(H,54,59)/t35-,36+,37+,39-,43+/m0/s1. The Morgan fingerprint density at radius 1 is 0.985 bits per heavy atom. The molecule has 0 saturated carbocycles. The number of ether oxygens (including phenoxy) is 1. The number of halogens is 1. The van der Waals surface area contributed by atoms with Crippen molar-refractivity contribution >= 4 is 56.6 Å². The van der Waals surface area contributed by atoms with Gasteiger partial charge < -0.3 is 40.9 Å². The van der Waals surface area contributed by atoms with Crippen LogP contribution in [0.1, 0.15) is 99.3 Å². The van der Waals surface area contributed by atoms with Gasteiger partial charge in [-0.15, -0.1) is 11.3 Å². The number of thiazole rings is 1. The Hall–Kier alpha value is -5.17. The second-order valence-corrected chi connectivity index (χ2v) is 20.3.